The fraction of sp³-hybridized carbons (Fsp3) is 0.318. The van der Waals surface area contributed by atoms with Crippen molar-refractivity contribution in [3.05, 3.63) is 80.3 Å². The van der Waals surface area contributed by atoms with Crippen LogP contribution >= 0.6 is 0 Å². The second kappa shape index (κ2) is 6.90. The van der Waals surface area contributed by atoms with Crippen LogP contribution in [-0.4, -0.2) is 27.3 Å². The minimum absolute atomic E-state index is 0.0138. The highest BCUT2D eigenvalue weighted by Gasteiger charge is 2.62. The molecule has 2 aliphatic carbocycles. The van der Waals surface area contributed by atoms with Gasteiger partial charge in [0.1, 0.15) is 6.10 Å². The van der Waals surface area contributed by atoms with Crippen molar-refractivity contribution in [3.8, 4) is 0 Å². The Bertz CT molecular complexity index is 1250. The summed E-state index contributed by atoms with van der Waals surface area (Å²) in [6.45, 7) is 0. The Morgan fingerprint density at radius 2 is 1.81 bits per heavy atom. The van der Waals surface area contributed by atoms with Gasteiger partial charge in [-0.15, -0.1) is 0 Å². The Balaban J connectivity index is 1.44. The zero-order valence-corrected chi connectivity index (χ0v) is 16.5. The maximum absolute atomic E-state index is 12.1. The average molecular weight is 420 g/mol. The van der Waals surface area contributed by atoms with E-state index in [1.165, 1.54) is 12.1 Å². The molecule has 2 aromatic carbocycles. The Hall–Kier alpha value is -3.75. The number of ether oxygens (including phenoxy) is 1. The molecular weight excluding hydrogens is 400 g/mol. The van der Waals surface area contributed by atoms with E-state index in [-0.39, 0.29) is 34.6 Å². The number of aromatic amines is 1. The van der Waals surface area contributed by atoms with E-state index in [9.17, 15) is 19.7 Å². The van der Waals surface area contributed by atoms with E-state index in [4.69, 9.17) is 10.5 Å². The molecule has 31 heavy (non-hydrogen) atoms. The quantitative estimate of drug-likeness (QED) is 0.490. The standard InChI is InChI=1S/C22H20N4O5/c23-21(28)31-17-11-22(18(17)12-5-7-14(8-6-12)26(29)30)9-13(10-22)19-15-3-1-2-4-16(15)20(27)25-24-19/h1-8,13,17-18H,9-11H2,(H2,23,28)(H,25,27). The minimum atomic E-state index is -0.823. The molecule has 3 N–H and O–H groups in total. The van der Waals surface area contributed by atoms with Gasteiger partial charge in [0.2, 0.25) is 0 Å². The molecule has 0 aliphatic heterocycles. The minimum Gasteiger partial charge on any atom is -0.446 e. The molecule has 0 radical (unpaired) electrons. The SMILES string of the molecule is NC(=O)OC1CC2(CC(c3n[nH]c(=O)c4ccccc34)C2)C1c1ccc([N+](=O)[O-])cc1. The van der Waals surface area contributed by atoms with Gasteiger partial charge in [0.15, 0.2) is 0 Å². The Kier molecular flexibility index (Phi) is 4.28. The number of non-ortho nitro benzene ring substituents is 1. The number of rotatable bonds is 4. The summed E-state index contributed by atoms with van der Waals surface area (Å²) in [5.74, 6) is 0.0721. The molecule has 1 heterocycles. The largest absolute Gasteiger partial charge is 0.446 e. The molecule has 0 saturated heterocycles. The van der Waals surface area contributed by atoms with Crippen molar-refractivity contribution in [1.29, 1.82) is 0 Å². The Morgan fingerprint density at radius 3 is 2.45 bits per heavy atom. The molecular formula is C22H20N4O5. The fourth-order valence-electron chi connectivity index (χ4n) is 5.49. The summed E-state index contributed by atoms with van der Waals surface area (Å²) < 4.78 is 5.33. The van der Waals surface area contributed by atoms with Crippen LogP contribution in [0.25, 0.3) is 10.8 Å². The second-order valence-electron chi connectivity index (χ2n) is 8.46. The zero-order valence-electron chi connectivity index (χ0n) is 16.5. The van der Waals surface area contributed by atoms with E-state index < -0.39 is 11.0 Å². The zero-order chi connectivity index (χ0) is 21.8. The number of carbonyl (C=O) groups excluding carboxylic acids is 1. The maximum atomic E-state index is 12.1. The van der Waals surface area contributed by atoms with Crippen molar-refractivity contribution >= 4 is 22.6 Å². The molecule has 3 aromatic rings. The molecule has 1 spiro atoms. The maximum Gasteiger partial charge on any atom is 0.404 e. The van der Waals surface area contributed by atoms with E-state index in [2.05, 4.69) is 10.2 Å². The lowest BCUT2D eigenvalue weighted by Gasteiger charge is -2.62. The third-order valence-corrected chi connectivity index (χ3v) is 6.79. The Morgan fingerprint density at radius 1 is 1.13 bits per heavy atom. The molecule has 2 fully saturated rings. The summed E-state index contributed by atoms with van der Waals surface area (Å²) in [6, 6.07) is 13.8. The molecule has 9 heteroatoms. The van der Waals surface area contributed by atoms with Crippen LogP contribution in [0.3, 0.4) is 0 Å². The van der Waals surface area contributed by atoms with Crippen molar-refractivity contribution in [2.24, 2.45) is 11.1 Å². The van der Waals surface area contributed by atoms with Crippen LogP contribution in [-0.2, 0) is 4.74 Å². The number of aromatic nitrogens is 2. The molecule has 0 bridgehead atoms. The predicted molar refractivity (Wildman–Crippen MR) is 112 cm³/mol. The first-order valence-electron chi connectivity index (χ1n) is 10.1. The molecule has 1 aromatic heterocycles. The number of carbonyl (C=O) groups is 1. The van der Waals surface area contributed by atoms with Crippen LogP contribution < -0.4 is 11.3 Å². The van der Waals surface area contributed by atoms with Gasteiger partial charge in [-0.05, 0) is 36.3 Å². The van der Waals surface area contributed by atoms with Crippen molar-refractivity contribution in [2.45, 2.75) is 37.2 Å². The molecule has 1 amide bonds. The molecule has 158 valence electrons. The van der Waals surface area contributed by atoms with E-state index in [0.29, 0.717) is 11.8 Å². The Labute approximate surface area is 176 Å². The van der Waals surface area contributed by atoms with Gasteiger partial charge in [0.25, 0.3) is 11.2 Å². The topological polar surface area (TPSA) is 141 Å². The van der Waals surface area contributed by atoms with E-state index in [1.807, 2.05) is 18.2 Å². The van der Waals surface area contributed by atoms with Crippen molar-refractivity contribution < 1.29 is 14.5 Å². The lowest BCUT2D eigenvalue weighted by molar-refractivity contribution is -0.384. The number of hydrogen-bond donors (Lipinski definition) is 2. The number of benzene rings is 2. The molecule has 5 rings (SSSR count). The first-order valence-corrected chi connectivity index (χ1v) is 10.1. The summed E-state index contributed by atoms with van der Waals surface area (Å²) in [5, 5.41) is 19.4. The number of nitro benzene ring substituents is 1. The van der Waals surface area contributed by atoms with Gasteiger partial charge >= 0.3 is 6.09 Å². The highest BCUT2D eigenvalue weighted by molar-refractivity contribution is 5.84. The van der Waals surface area contributed by atoms with Gasteiger partial charge < -0.3 is 10.5 Å². The van der Waals surface area contributed by atoms with Crippen LogP contribution in [0.5, 0.6) is 0 Å². The summed E-state index contributed by atoms with van der Waals surface area (Å²) in [4.78, 5) is 34.0. The molecule has 2 atom stereocenters. The molecule has 2 saturated carbocycles. The molecule has 2 unspecified atom stereocenters. The van der Waals surface area contributed by atoms with E-state index >= 15 is 0 Å². The third kappa shape index (κ3) is 3.04. The van der Waals surface area contributed by atoms with Crippen LogP contribution in [0.15, 0.2) is 53.3 Å². The highest BCUT2D eigenvalue weighted by Crippen LogP contribution is 2.69. The summed E-state index contributed by atoms with van der Waals surface area (Å²) >= 11 is 0. The van der Waals surface area contributed by atoms with Crippen molar-refractivity contribution in [2.75, 3.05) is 0 Å². The first-order chi connectivity index (χ1) is 14.9. The van der Waals surface area contributed by atoms with Gasteiger partial charge in [-0.2, -0.15) is 5.10 Å². The van der Waals surface area contributed by atoms with Gasteiger partial charge in [-0.1, -0.05) is 30.3 Å². The van der Waals surface area contributed by atoms with Crippen LogP contribution in [0.4, 0.5) is 10.5 Å². The third-order valence-electron chi connectivity index (χ3n) is 6.79. The molecule has 2 aliphatic rings. The van der Waals surface area contributed by atoms with E-state index in [0.717, 1.165) is 29.5 Å². The normalized spacial score (nSPS) is 26.8. The number of primary amides is 1. The summed E-state index contributed by atoms with van der Waals surface area (Å²) in [7, 11) is 0. The molecule has 9 nitrogen and oxygen atoms in total. The number of nitrogens with one attached hydrogen (secondary N) is 1. The van der Waals surface area contributed by atoms with Crippen LogP contribution in [0.1, 0.15) is 42.4 Å². The second-order valence-corrected chi connectivity index (χ2v) is 8.46. The van der Waals surface area contributed by atoms with Crippen molar-refractivity contribution in [1.82, 2.24) is 10.2 Å². The number of fused-ring (bicyclic) bond motifs is 1. The van der Waals surface area contributed by atoms with E-state index in [1.54, 1.807) is 18.2 Å². The average Bonchev–Trinajstić information content (AvgIpc) is 2.70. The summed E-state index contributed by atoms with van der Waals surface area (Å²) in [5.41, 5.74) is 6.71. The monoisotopic (exact) mass is 420 g/mol. The fourth-order valence-corrected chi connectivity index (χ4v) is 5.49. The van der Waals surface area contributed by atoms with Gasteiger partial charge in [0.05, 0.1) is 16.0 Å². The lowest BCUT2D eigenvalue weighted by atomic mass is 9.43. The summed E-state index contributed by atoms with van der Waals surface area (Å²) in [6.07, 6.45) is 1.12. The smallest absolute Gasteiger partial charge is 0.404 e. The highest BCUT2D eigenvalue weighted by atomic mass is 16.6. The van der Waals surface area contributed by atoms with Gasteiger partial charge in [-0.3, -0.25) is 14.9 Å². The van der Waals surface area contributed by atoms with Gasteiger partial charge in [0, 0.05) is 29.4 Å². The number of amides is 1. The number of nitrogens with zero attached hydrogens (tertiary/aromatic N) is 2. The number of H-pyrrole nitrogens is 1. The van der Waals surface area contributed by atoms with Crippen LogP contribution in [0.2, 0.25) is 0 Å². The lowest BCUT2D eigenvalue weighted by Crippen LogP contribution is -2.57. The van der Waals surface area contributed by atoms with Gasteiger partial charge in [-0.25, -0.2) is 9.89 Å². The predicted octanol–water partition coefficient (Wildman–Crippen LogP) is 3.35. The van der Waals surface area contributed by atoms with Crippen molar-refractivity contribution in [3.63, 3.8) is 0 Å². The first kappa shape index (κ1) is 19.2. The number of hydrogen-bond acceptors (Lipinski definition) is 6. The number of nitrogens with two attached hydrogens (primary N) is 1. The van der Waals surface area contributed by atoms with Crippen LogP contribution in [0, 0.1) is 15.5 Å². The number of nitro groups is 1.